The number of thiophene rings is 1. The Kier molecular flexibility index (Phi) is 5.13. The van der Waals surface area contributed by atoms with Gasteiger partial charge in [0.15, 0.2) is 0 Å². The summed E-state index contributed by atoms with van der Waals surface area (Å²) in [7, 11) is 0. The molecule has 1 fully saturated rings. The number of nitrogens with zero attached hydrogens (tertiary/aromatic N) is 2. The van der Waals surface area contributed by atoms with Gasteiger partial charge in [-0.2, -0.15) is 0 Å². The number of carbonyl (C=O) groups excluding carboxylic acids is 1. The summed E-state index contributed by atoms with van der Waals surface area (Å²) in [5.41, 5.74) is 3.81. The van der Waals surface area contributed by atoms with Crippen molar-refractivity contribution in [1.82, 2.24) is 15.2 Å². The minimum atomic E-state index is -0.217. The molecule has 5 heteroatoms. The number of aromatic nitrogens is 1. The number of amides is 1. The predicted molar refractivity (Wildman–Crippen MR) is 101 cm³/mol. The van der Waals surface area contributed by atoms with E-state index < -0.39 is 0 Å². The topological polar surface area (TPSA) is 45.2 Å². The van der Waals surface area contributed by atoms with Crippen molar-refractivity contribution in [3.05, 3.63) is 51.5 Å². The van der Waals surface area contributed by atoms with Crippen LogP contribution in [0.15, 0.2) is 29.9 Å². The fourth-order valence-corrected chi connectivity index (χ4v) is 5.20. The monoisotopic (exact) mass is 355 g/mol. The standard InChI is InChI=1S/C20H25N3OS/c24-20(22-13-16-14-25-18-8-2-1-7-17(16)18)19(23-10-3-4-11-23)15-6-5-9-21-12-15/h5-6,9,12,14,19H,1-4,7-8,10-11,13H2,(H,22,24)/t19-/m1/s1. The van der Waals surface area contributed by atoms with Crippen LogP contribution in [-0.4, -0.2) is 28.9 Å². The number of carbonyl (C=O) groups is 1. The van der Waals surface area contributed by atoms with Gasteiger partial charge in [0.05, 0.1) is 0 Å². The average molecular weight is 356 g/mol. The fourth-order valence-electron chi connectivity index (χ4n) is 4.05. The number of aryl methyl sites for hydroxylation is 1. The first-order valence-electron chi connectivity index (χ1n) is 9.33. The lowest BCUT2D eigenvalue weighted by molar-refractivity contribution is -0.126. The lowest BCUT2D eigenvalue weighted by atomic mass is 9.96. The van der Waals surface area contributed by atoms with Gasteiger partial charge in [0.25, 0.3) is 0 Å². The molecule has 2 aromatic rings. The summed E-state index contributed by atoms with van der Waals surface area (Å²) < 4.78 is 0. The highest BCUT2D eigenvalue weighted by Crippen LogP contribution is 2.30. The van der Waals surface area contributed by atoms with E-state index in [1.807, 2.05) is 29.7 Å². The molecule has 0 bridgehead atoms. The molecule has 1 aliphatic carbocycles. The smallest absolute Gasteiger partial charge is 0.242 e. The number of hydrogen-bond donors (Lipinski definition) is 1. The van der Waals surface area contributed by atoms with Crippen LogP contribution in [-0.2, 0) is 24.2 Å². The van der Waals surface area contributed by atoms with Gasteiger partial charge in [-0.3, -0.25) is 14.7 Å². The quantitative estimate of drug-likeness (QED) is 0.893. The molecule has 1 saturated heterocycles. The van der Waals surface area contributed by atoms with Gasteiger partial charge in [-0.1, -0.05) is 6.07 Å². The molecule has 0 spiro atoms. The van der Waals surface area contributed by atoms with Crippen molar-refractivity contribution in [1.29, 1.82) is 0 Å². The molecule has 25 heavy (non-hydrogen) atoms. The largest absolute Gasteiger partial charge is 0.350 e. The van der Waals surface area contributed by atoms with E-state index >= 15 is 0 Å². The molecule has 0 radical (unpaired) electrons. The molecule has 0 saturated carbocycles. The highest BCUT2D eigenvalue weighted by atomic mass is 32.1. The van der Waals surface area contributed by atoms with Crippen LogP contribution >= 0.6 is 11.3 Å². The highest BCUT2D eigenvalue weighted by molar-refractivity contribution is 7.10. The van der Waals surface area contributed by atoms with Gasteiger partial charge in [0, 0.05) is 23.8 Å². The maximum Gasteiger partial charge on any atom is 0.242 e. The summed E-state index contributed by atoms with van der Waals surface area (Å²) in [5.74, 6) is 0.102. The van der Waals surface area contributed by atoms with Crippen LogP contribution in [0, 0.1) is 0 Å². The Morgan fingerprint density at radius 1 is 1.24 bits per heavy atom. The molecule has 0 aromatic carbocycles. The number of rotatable bonds is 5. The van der Waals surface area contributed by atoms with Crippen LogP contribution in [0.4, 0.5) is 0 Å². The third-order valence-corrected chi connectivity index (χ3v) is 6.49. The van der Waals surface area contributed by atoms with E-state index in [1.54, 1.807) is 6.20 Å². The number of hydrogen-bond acceptors (Lipinski definition) is 4. The van der Waals surface area contributed by atoms with Crippen LogP contribution < -0.4 is 5.32 Å². The Morgan fingerprint density at radius 3 is 2.88 bits per heavy atom. The number of fused-ring (bicyclic) bond motifs is 1. The third-order valence-electron chi connectivity index (χ3n) is 5.36. The molecule has 1 atom stereocenters. The van der Waals surface area contributed by atoms with Crippen molar-refractivity contribution in [3.63, 3.8) is 0 Å². The molecule has 2 aliphatic rings. The van der Waals surface area contributed by atoms with Crippen LogP contribution in [0.3, 0.4) is 0 Å². The minimum Gasteiger partial charge on any atom is -0.350 e. The minimum absolute atomic E-state index is 0.102. The number of nitrogens with one attached hydrogen (secondary N) is 1. The van der Waals surface area contributed by atoms with E-state index in [2.05, 4.69) is 20.6 Å². The normalized spacial score (nSPS) is 18.7. The van der Waals surface area contributed by atoms with Gasteiger partial charge in [-0.25, -0.2) is 0 Å². The molecular weight excluding hydrogens is 330 g/mol. The second-order valence-corrected chi connectivity index (χ2v) is 7.98. The van der Waals surface area contributed by atoms with E-state index in [4.69, 9.17) is 0 Å². The van der Waals surface area contributed by atoms with Gasteiger partial charge in [0.1, 0.15) is 6.04 Å². The highest BCUT2D eigenvalue weighted by Gasteiger charge is 2.30. The van der Waals surface area contributed by atoms with E-state index in [9.17, 15) is 4.79 Å². The molecule has 0 unspecified atom stereocenters. The summed E-state index contributed by atoms with van der Waals surface area (Å²) in [6, 6.07) is 3.72. The molecular formula is C20H25N3OS. The Hall–Kier alpha value is -1.72. The molecule has 4 rings (SSSR count). The van der Waals surface area contributed by atoms with E-state index in [1.165, 1.54) is 54.5 Å². The molecule has 132 valence electrons. The summed E-state index contributed by atoms with van der Waals surface area (Å²) in [5, 5.41) is 5.45. The van der Waals surface area contributed by atoms with Crippen LogP contribution in [0.5, 0.6) is 0 Å². The van der Waals surface area contributed by atoms with E-state index in [0.717, 1.165) is 18.7 Å². The fraction of sp³-hybridized carbons (Fsp3) is 0.500. The second-order valence-electron chi connectivity index (χ2n) is 7.02. The zero-order valence-corrected chi connectivity index (χ0v) is 15.4. The summed E-state index contributed by atoms with van der Waals surface area (Å²) in [6.07, 6.45) is 10.9. The average Bonchev–Trinajstić information content (AvgIpc) is 3.31. The molecule has 3 heterocycles. The summed E-state index contributed by atoms with van der Waals surface area (Å²) >= 11 is 1.86. The van der Waals surface area contributed by atoms with Crippen molar-refractivity contribution < 1.29 is 4.79 Å². The van der Waals surface area contributed by atoms with Gasteiger partial charge in [-0.05, 0) is 79.8 Å². The van der Waals surface area contributed by atoms with E-state index in [0.29, 0.717) is 6.54 Å². The molecule has 2 aromatic heterocycles. The van der Waals surface area contributed by atoms with Gasteiger partial charge >= 0.3 is 0 Å². The van der Waals surface area contributed by atoms with Crippen molar-refractivity contribution in [2.24, 2.45) is 0 Å². The first-order valence-corrected chi connectivity index (χ1v) is 10.2. The third kappa shape index (κ3) is 3.62. The van der Waals surface area contributed by atoms with Crippen molar-refractivity contribution >= 4 is 17.2 Å². The molecule has 4 nitrogen and oxygen atoms in total. The Bertz CT molecular complexity index is 722. The van der Waals surface area contributed by atoms with Crippen molar-refractivity contribution in [2.75, 3.05) is 13.1 Å². The maximum absolute atomic E-state index is 13.0. The van der Waals surface area contributed by atoms with Gasteiger partial charge < -0.3 is 5.32 Å². The SMILES string of the molecule is O=C(NCc1csc2c1CCCC2)[C@@H](c1cccnc1)N1CCCC1. The first-order chi connectivity index (χ1) is 12.3. The first kappa shape index (κ1) is 16.7. The van der Waals surface area contributed by atoms with Gasteiger partial charge in [-0.15, -0.1) is 11.3 Å². The maximum atomic E-state index is 13.0. The number of pyridine rings is 1. The molecule has 1 amide bonds. The Morgan fingerprint density at radius 2 is 2.08 bits per heavy atom. The summed E-state index contributed by atoms with van der Waals surface area (Å²) in [6.45, 7) is 2.62. The lowest BCUT2D eigenvalue weighted by Crippen LogP contribution is -2.39. The van der Waals surface area contributed by atoms with E-state index in [-0.39, 0.29) is 11.9 Å². The second kappa shape index (κ2) is 7.67. The molecule has 1 N–H and O–H groups in total. The van der Waals surface area contributed by atoms with Crippen LogP contribution in [0.1, 0.15) is 53.3 Å². The van der Waals surface area contributed by atoms with Gasteiger partial charge in [0.2, 0.25) is 5.91 Å². The predicted octanol–water partition coefficient (Wildman–Crippen LogP) is 3.48. The Balaban J connectivity index is 1.48. The lowest BCUT2D eigenvalue weighted by Gasteiger charge is -2.26. The van der Waals surface area contributed by atoms with Crippen molar-refractivity contribution in [3.8, 4) is 0 Å². The molecule has 1 aliphatic heterocycles. The zero-order chi connectivity index (χ0) is 17.1. The zero-order valence-electron chi connectivity index (χ0n) is 14.5. The van der Waals surface area contributed by atoms with Crippen molar-refractivity contribution in [2.45, 2.75) is 51.1 Å². The number of likely N-dealkylation sites (tertiary alicyclic amines) is 1. The summed E-state index contributed by atoms with van der Waals surface area (Å²) in [4.78, 5) is 21.1. The van der Waals surface area contributed by atoms with Crippen LogP contribution in [0.25, 0.3) is 0 Å². The Labute approximate surface area is 153 Å². The van der Waals surface area contributed by atoms with Crippen LogP contribution in [0.2, 0.25) is 0 Å².